The van der Waals surface area contributed by atoms with E-state index in [0.717, 1.165) is 0 Å². The van der Waals surface area contributed by atoms with Gasteiger partial charge in [-0.25, -0.2) is 0 Å². The van der Waals surface area contributed by atoms with Gasteiger partial charge in [0, 0.05) is 6.04 Å². The summed E-state index contributed by atoms with van der Waals surface area (Å²) in [5, 5.41) is 17.4. The van der Waals surface area contributed by atoms with Gasteiger partial charge in [0.1, 0.15) is 0 Å². The molecule has 1 atom stereocenters. The number of nitrogens with zero attached hydrogens (tertiary/aromatic N) is 1. The molecule has 0 rings (SSSR count). The fourth-order valence-electron chi connectivity index (χ4n) is 1.29. The van der Waals surface area contributed by atoms with Crippen LogP contribution in [0.2, 0.25) is 0 Å². The van der Waals surface area contributed by atoms with Crippen LogP contribution in [0.25, 0.3) is 0 Å². The van der Waals surface area contributed by atoms with Crippen LogP contribution in [0, 0.1) is 0 Å². The molecule has 0 aromatic carbocycles. The molecule has 0 amide bonds. The van der Waals surface area contributed by atoms with E-state index in [2.05, 4.69) is 0 Å². The summed E-state index contributed by atoms with van der Waals surface area (Å²) in [4.78, 5) is 1.80. The Kier molecular flexibility index (Phi) is 6.30. The van der Waals surface area contributed by atoms with Crippen molar-refractivity contribution in [2.24, 2.45) is 0 Å². The summed E-state index contributed by atoms with van der Waals surface area (Å²) in [5.74, 6) is -0.308. The molecule has 0 bridgehead atoms. The molecular weight excluding hydrogens is 222 g/mol. The molecule has 0 radical (unpaired) electrons. The lowest BCUT2D eigenvalue weighted by atomic mass is 10.1. The van der Waals surface area contributed by atoms with Crippen molar-refractivity contribution in [3.05, 3.63) is 0 Å². The minimum Gasteiger partial charge on any atom is -0.368 e. The number of aliphatic hydroxyl groups is 2. The summed E-state index contributed by atoms with van der Waals surface area (Å²) in [6, 6.07) is -0.0891. The molecule has 92 valence electrons. The Labute approximate surface area is 90.3 Å². The van der Waals surface area contributed by atoms with Crippen molar-refractivity contribution in [2.75, 3.05) is 19.8 Å². The minimum atomic E-state index is -3.94. The van der Waals surface area contributed by atoms with E-state index in [4.69, 9.17) is 14.8 Å². The predicted octanol–water partition coefficient (Wildman–Crippen LogP) is -0.715. The first-order valence-corrected chi connectivity index (χ1v) is 6.31. The number of rotatable bonds is 7. The molecule has 1 unspecified atom stereocenters. The average Bonchev–Trinajstić information content (AvgIpc) is 2.00. The molecule has 0 saturated heterocycles. The first-order chi connectivity index (χ1) is 6.72. The van der Waals surface area contributed by atoms with Crippen LogP contribution in [-0.2, 0) is 10.1 Å². The second kappa shape index (κ2) is 6.39. The number of hydrogen-bond acceptors (Lipinski definition) is 5. The smallest absolute Gasteiger partial charge is 0.264 e. The molecule has 0 fully saturated rings. The first kappa shape index (κ1) is 14.8. The normalized spacial score (nSPS) is 14.9. The van der Waals surface area contributed by atoms with E-state index < -0.39 is 16.4 Å². The predicted molar refractivity (Wildman–Crippen MR) is 56.0 cm³/mol. The van der Waals surface area contributed by atoms with Crippen LogP contribution in [0.15, 0.2) is 0 Å². The summed E-state index contributed by atoms with van der Waals surface area (Å²) >= 11 is 0. The highest BCUT2D eigenvalue weighted by atomic mass is 32.2. The zero-order valence-corrected chi connectivity index (χ0v) is 9.81. The molecule has 6 nitrogen and oxygen atoms in total. The summed E-state index contributed by atoms with van der Waals surface area (Å²) < 4.78 is 29.7. The lowest BCUT2D eigenvalue weighted by Gasteiger charge is -2.24. The van der Waals surface area contributed by atoms with Crippen molar-refractivity contribution in [1.29, 1.82) is 0 Å². The molecule has 0 saturated carbocycles. The maximum atomic E-state index is 10.5. The molecule has 0 aliphatic rings. The van der Waals surface area contributed by atoms with E-state index in [9.17, 15) is 8.42 Å². The second-order valence-corrected chi connectivity index (χ2v) is 5.32. The van der Waals surface area contributed by atoms with E-state index >= 15 is 0 Å². The van der Waals surface area contributed by atoms with Crippen LogP contribution in [0.3, 0.4) is 0 Å². The van der Waals surface area contributed by atoms with Gasteiger partial charge in [-0.3, -0.25) is 4.55 Å². The second-order valence-electron chi connectivity index (χ2n) is 3.75. The van der Waals surface area contributed by atoms with Crippen LogP contribution < -0.4 is 0 Å². The quantitative estimate of drug-likeness (QED) is 0.402. The van der Waals surface area contributed by atoms with Crippen LogP contribution in [0.4, 0.5) is 0 Å². The molecule has 0 aromatic heterocycles. The highest BCUT2D eigenvalue weighted by Crippen LogP contribution is 2.10. The molecule has 0 aromatic rings. The molecule has 7 heteroatoms. The Morgan fingerprint density at radius 3 is 2.00 bits per heavy atom. The fraction of sp³-hybridized carbons (Fsp3) is 1.00. The third kappa shape index (κ3) is 8.76. The van der Waals surface area contributed by atoms with Gasteiger partial charge in [0.25, 0.3) is 10.1 Å². The topological polar surface area (TPSA) is 98.1 Å². The summed E-state index contributed by atoms with van der Waals surface area (Å²) in [6.07, 6.45) is -0.439. The molecule has 0 heterocycles. The van der Waals surface area contributed by atoms with Gasteiger partial charge in [0.15, 0.2) is 6.29 Å². The molecule has 0 aliphatic carbocycles. The van der Waals surface area contributed by atoms with E-state index in [0.29, 0.717) is 6.42 Å². The van der Waals surface area contributed by atoms with Crippen molar-refractivity contribution < 1.29 is 23.2 Å². The van der Waals surface area contributed by atoms with Gasteiger partial charge in [-0.1, -0.05) is 0 Å². The van der Waals surface area contributed by atoms with Crippen LogP contribution in [0.1, 0.15) is 19.3 Å². The van der Waals surface area contributed by atoms with Crippen molar-refractivity contribution in [2.45, 2.75) is 31.6 Å². The average molecular weight is 241 g/mol. The van der Waals surface area contributed by atoms with E-state index in [-0.39, 0.29) is 24.6 Å². The van der Waals surface area contributed by atoms with Crippen LogP contribution >= 0.6 is 0 Å². The number of aliphatic hydroxyl groups excluding tert-OH is 1. The van der Waals surface area contributed by atoms with Gasteiger partial charge in [-0.2, -0.15) is 8.42 Å². The standard InChI is InChI=1S/C8H19NO5S/c1-9(2)7(3-4-8(10)11)5-6-15(12,13)14/h7-8,10-11H,3-6H2,1-2H3,(H,12,13,14). The van der Waals surface area contributed by atoms with E-state index in [1.807, 2.05) is 0 Å². The summed E-state index contributed by atoms with van der Waals surface area (Å²) in [5.41, 5.74) is 0. The molecular formula is C8H19NO5S. The SMILES string of the molecule is CN(C)C(CCC(O)O)CCS(=O)(=O)O. The minimum absolute atomic E-state index is 0.0891. The van der Waals surface area contributed by atoms with Gasteiger partial charge in [0.05, 0.1) is 5.75 Å². The highest BCUT2D eigenvalue weighted by Gasteiger charge is 2.16. The maximum absolute atomic E-state index is 10.5. The van der Waals surface area contributed by atoms with Gasteiger partial charge >= 0.3 is 0 Å². The molecule has 0 spiro atoms. The zero-order chi connectivity index (χ0) is 12.1. The third-order valence-corrected chi connectivity index (χ3v) is 2.95. The van der Waals surface area contributed by atoms with Crippen molar-refractivity contribution in [3.63, 3.8) is 0 Å². The van der Waals surface area contributed by atoms with Crippen molar-refractivity contribution >= 4 is 10.1 Å². The fourth-order valence-corrected chi connectivity index (χ4v) is 1.86. The lowest BCUT2D eigenvalue weighted by Crippen LogP contribution is -2.31. The van der Waals surface area contributed by atoms with Gasteiger partial charge in [-0.15, -0.1) is 0 Å². The number of hydrogen-bond donors (Lipinski definition) is 3. The molecule has 15 heavy (non-hydrogen) atoms. The Bertz CT molecular complexity index is 262. The largest absolute Gasteiger partial charge is 0.368 e. The Balaban J connectivity index is 4.06. The van der Waals surface area contributed by atoms with E-state index in [1.165, 1.54) is 0 Å². The van der Waals surface area contributed by atoms with Gasteiger partial charge in [0.2, 0.25) is 0 Å². The Morgan fingerprint density at radius 1 is 1.13 bits per heavy atom. The highest BCUT2D eigenvalue weighted by molar-refractivity contribution is 7.85. The van der Waals surface area contributed by atoms with E-state index in [1.54, 1.807) is 19.0 Å². The van der Waals surface area contributed by atoms with Gasteiger partial charge < -0.3 is 15.1 Å². The van der Waals surface area contributed by atoms with Crippen molar-refractivity contribution in [3.8, 4) is 0 Å². The Morgan fingerprint density at radius 2 is 1.67 bits per heavy atom. The molecule has 3 N–H and O–H groups in total. The monoisotopic (exact) mass is 241 g/mol. The maximum Gasteiger partial charge on any atom is 0.264 e. The van der Waals surface area contributed by atoms with Crippen molar-refractivity contribution in [1.82, 2.24) is 4.90 Å². The first-order valence-electron chi connectivity index (χ1n) is 4.70. The lowest BCUT2D eigenvalue weighted by molar-refractivity contribution is -0.0496. The van der Waals surface area contributed by atoms with Crippen LogP contribution in [0.5, 0.6) is 0 Å². The van der Waals surface area contributed by atoms with Crippen LogP contribution in [-0.4, -0.2) is 60.3 Å². The summed E-state index contributed by atoms with van der Waals surface area (Å²) in [6.45, 7) is 0. The third-order valence-electron chi connectivity index (χ3n) is 2.20. The Hall–Kier alpha value is -0.210. The zero-order valence-electron chi connectivity index (χ0n) is 9.00. The summed E-state index contributed by atoms with van der Waals surface area (Å²) in [7, 11) is -0.391. The molecule has 0 aliphatic heterocycles. The van der Waals surface area contributed by atoms with Gasteiger partial charge in [-0.05, 0) is 33.4 Å².